The van der Waals surface area contributed by atoms with Crippen molar-refractivity contribution in [3.05, 3.63) is 0 Å². The third-order valence-corrected chi connectivity index (χ3v) is 2.08. The van der Waals surface area contributed by atoms with Crippen molar-refractivity contribution < 1.29 is 14.3 Å². The fourth-order valence-corrected chi connectivity index (χ4v) is 1.15. The van der Waals surface area contributed by atoms with Gasteiger partial charge in [0.15, 0.2) is 0 Å². The van der Waals surface area contributed by atoms with Gasteiger partial charge in [-0.25, -0.2) is 0 Å². The van der Waals surface area contributed by atoms with E-state index in [9.17, 15) is 9.59 Å². The molecule has 0 aliphatic carbocycles. The molecule has 0 N–H and O–H groups in total. The minimum absolute atomic E-state index is 0.194. The van der Waals surface area contributed by atoms with Gasteiger partial charge in [-0.3, -0.25) is 4.79 Å². The van der Waals surface area contributed by atoms with E-state index < -0.39 is 11.0 Å². The number of hydrogen-bond donors (Lipinski definition) is 0. The largest absolute Gasteiger partial charge is 0.460 e. The van der Waals surface area contributed by atoms with Crippen molar-refractivity contribution in [2.45, 2.75) is 59.5 Å². The zero-order valence-corrected chi connectivity index (χ0v) is 10.4. The summed E-state index contributed by atoms with van der Waals surface area (Å²) >= 11 is 0. The monoisotopic (exact) mass is 214 g/mol. The van der Waals surface area contributed by atoms with E-state index in [1.165, 1.54) is 0 Å². The Kier molecular flexibility index (Phi) is 4.98. The van der Waals surface area contributed by atoms with Gasteiger partial charge in [0.25, 0.3) is 0 Å². The normalized spacial score (nSPS) is 12.3. The molecule has 0 aliphatic heterocycles. The molecule has 3 heteroatoms. The molecule has 0 atom stereocenters. The molecule has 0 rings (SSSR count). The smallest absolute Gasteiger partial charge is 0.312 e. The summed E-state index contributed by atoms with van der Waals surface area (Å²) in [4.78, 5) is 21.9. The fraction of sp³-hybridized carbons (Fsp3) is 0.833. The second kappa shape index (κ2) is 5.29. The highest BCUT2D eigenvalue weighted by molar-refractivity contribution is 5.76. The van der Waals surface area contributed by atoms with Crippen molar-refractivity contribution in [1.82, 2.24) is 0 Å². The van der Waals surface area contributed by atoms with Crippen LogP contribution < -0.4 is 0 Å². The molecule has 15 heavy (non-hydrogen) atoms. The summed E-state index contributed by atoms with van der Waals surface area (Å²) in [5.74, 6) is -0.194. The number of ether oxygens (including phenoxy) is 1. The molecule has 0 saturated heterocycles. The van der Waals surface area contributed by atoms with E-state index in [1.807, 2.05) is 34.6 Å². The molecule has 0 aromatic rings. The van der Waals surface area contributed by atoms with Crippen LogP contribution in [0.15, 0.2) is 0 Å². The van der Waals surface area contributed by atoms with E-state index in [0.717, 1.165) is 12.7 Å². The van der Waals surface area contributed by atoms with Gasteiger partial charge in [-0.15, -0.1) is 0 Å². The van der Waals surface area contributed by atoms with Gasteiger partial charge in [0.1, 0.15) is 11.9 Å². The lowest BCUT2D eigenvalue weighted by atomic mass is 9.87. The van der Waals surface area contributed by atoms with Crippen LogP contribution in [0.1, 0.15) is 53.9 Å². The van der Waals surface area contributed by atoms with Crippen LogP contribution in [-0.2, 0) is 14.3 Å². The molecule has 0 aromatic heterocycles. The van der Waals surface area contributed by atoms with Gasteiger partial charge >= 0.3 is 5.97 Å². The topological polar surface area (TPSA) is 43.4 Å². The highest BCUT2D eigenvalue weighted by Gasteiger charge is 2.31. The van der Waals surface area contributed by atoms with Gasteiger partial charge in [-0.1, -0.05) is 0 Å². The van der Waals surface area contributed by atoms with Crippen molar-refractivity contribution in [2.24, 2.45) is 5.41 Å². The van der Waals surface area contributed by atoms with E-state index in [1.54, 1.807) is 0 Å². The molecule has 0 amide bonds. The van der Waals surface area contributed by atoms with Crippen LogP contribution in [0.3, 0.4) is 0 Å². The Morgan fingerprint density at radius 1 is 1.20 bits per heavy atom. The molecule has 0 heterocycles. The predicted octanol–water partition coefficient (Wildman–Crippen LogP) is 2.72. The molecule has 0 spiro atoms. The van der Waals surface area contributed by atoms with Crippen LogP contribution in [0.5, 0.6) is 0 Å². The Balaban J connectivity index is 4.19. The summed E-state index contributed by atoms with van der Waals surface area (Å²) in [6.07, 6.45) is 2.80. The Morgan fingerprint density at radius 2 is 1.73 bits per heavy atom. The number of hydrogen-bond acceptors (Lipinski definition) is 3. The van der Waals surface area contributed by atoms with Crippen molar-refractivity contribution in [3.63, 3.8) is 0 Å². The van der Waals surface area contributed by atoms with Gasteiger partial charge < -0.3 is 9.53 Å². The van der Waals surface area contributed by atoms with Crippen LogP contribution >= 0.6 is 0 Å². The fourth-order valence-electron chi connectivity index (χ4n) is 1.15. The van der Waals surface area contributed by atoms with Gasteiger partial charge in [0, 0.05) is 6.42 Å². The molecule has 88 valence electrons. The van der Waals surface area contributed by atoms with Crippen molar-refractivity contribution in [3.8, 4) is 0 Å². The van der Waals surface area contributed by atoms with Gasteiger partial charge in [-0.05, 0) is 47.5 Å². The molecule has 0 aromatic carbocycles. The van der Waals surface area contributed by atoms with Gasteiger partial charge in [0.05, 0.1) is 5.41 Å². The molecular weight excluding hydrogens is 192 g/mol. The number of carbonyl (C=O) groups is 2. The first kappa shape index (κ1) is 14.1. The average Bonchev–Trinajstić information content (AvgIpc) is 2.01. The van der Waals surface area contributed by atoms with E-state index in [4.69, 9.17) is 4.74 Å². The summed E-state index contributed by atoms with van der Waals surface area (Å²) in [7, 11) is 0. The first-order chi connectivity index (χ1) is 6.69. The maximum atomic E-state index is 11.8. The van der Waals surface area contributed by atoms with Crippen LogP contribution in [0.25, 0.3) is 0 Å². The molecule has 3 nitrogen and oxygen atoms in total. The molecular formula is C12H22O3. The minimum Gasteiger partial charge on any atom is -0.460 e. The lowest BCUT2D eigenvalue weighted by Crippen LogP contribution is -2.33. The van der Waals surface area contributed by atoms with E-state index in [-0.39, 0.29) is 5.97 Å². The van der Waals surface area contributed by atoms with Crippen LogP contribution in [-0.4, -0.2) is 17.9 Å². The minimum atomic E-state index is -0.504. The highest BCUT2D eigenvalue weighted by Crippen LogP contribution is 2.27. The van der Waals surface area contributed by atoms with Crippen molar-refractivity contribution in [1.29, 1.82) is 0 Å². The quantitative estimate of drug-likeness (QED) is 0.401. The lowest BCUT2D eigenvalue weighted by Gasteiger charge is -2.28. The molecule has 0 fully saturated rings. The maximum Gasteiger partial charge on any atom is 0.312 e. The number of carbonyl (C=O) groups excluding carboxylic acids is 2. The summed E-state index contributed by atoms with van der Waals surface area (Å²) < 4.78 is 5.31. The zero-order chi connectivity index (χ0) is 12.1. The second-order valence-corrected chi connectivity index (χ2v) is 5.44. The number of unbranched alkanes of at least 4 members (excludes halogenated alkanes) is 1. The van der Waals surface area contributed by atoms with Crippen molar-refractivity contribution >= 4 is 12.3 Å². The average molecular weight is 214 g/mol. The van der Waals surface area contributed by atoms with Gasteiger partial charge in [0.2, 0.25) is 0 Å². The molecule has 0 radical (unpaired) electrons. The third-order valence-electron chi connectivity index (χ3n) is 2.08. The zero-order valence-electron chi connectivity index (χ0n) is 10.4. The summed E-state index contributed by atoms with van der Waals surface area (Å²) in [5.41, 5.74) is -0.949. The molecule has 0 saturated carbocycles. The number of aldehydes is 1. The Labute approximate surface area is 92.2 Å². The lowest BCUT2D eigenvalue weighted by molar-refractivity contribution is -0.166. The Hall–Kier alpha value is -0.860. The van der Waals surface area contributed by atoms with E-state index in [0.29, 0.717) is 12.8 Å². The first-order valence-electron chi connectivity index (χ1n) is 5.36. The standard InChI is InChI=1S/C12H22O3/c1-11(2,3)15-10(14)12(4,5)8-6-7-9-13/h9H,6-8H2,1-5H3. The number of esters is 1. The second-order valence-electron chi connectivity index (χ2n) is 5.44. The Bertz CT molecular complexity index is 224. The summed E-state index contributed by atoms with van der Waals surface area (Å²) in [6.45, 7) is 9.27. The van der Waals surface area contributed by atoms with Crippen LogP contribution in [0.4, 0.5) is 0 Å². The van der Waals surface area contributed by atoms with E-state index in [2.05, 4.69) is 0 Å². The third kappa shape index (κ3) is 6.26. The number of rotatable bonds is 5. The van der Waals surface area contributed by atoms with E-state index >= 15 is 0 Å². The van der Waals surface area contributed by atoms with Crippen molar-refractivity contribution in [2.75, 3.05) is 0 Å². The maximum absolute atomic E-state index is 11.8. The predicted molar refractivity (Wildman–Crippen MR) is 59.5 cm³/mol. The Morgan fingerprint density at radius 3 is 2.13 bits per heavy atom. The first-order valence-corrected chi connectivity index (χ1v) is 5.36. The molecule has 0 aliphatic rings. The SMILES string of the molecule is CC(C)(C)OC(=O)C(C)(C)CCCC=O. The molecule has 0 unspecified atom stereocenters. The molecule has 0 bridgehead atoms. The van der Waals surface area contributed by atoms with Gasteiger partial charge in [-0.2, -0.15) is 0 Å². The van der Waals surface area contributed by atoms with Crippen LogP contribution in [0.2, 0.25) is 0 Å². The summed E-state index contributed by atoms with van der Waals surface area (Å²) in [5, 5.41) is 0. The highest BCUT2D eigenvalue weighted by atomic mass is 16.6. The summed E-state index contributed by atoms with van der Waals surface area (Å²) in [6, 6.07) is 0. The van der Waals surface area contributed by atoms with Crippen LogP contribution in [0, 0.1) is 5.41 Å².